The minimum absolute atomic E-state index is 0.0347. The number of rotatable bonds is 4. The molecule has 1 aliphatic rings. The van der Waals surface area contributed by atoms with Crippen molar-refractivity contribution in [1.29, 1.82) is 0 Å². The van der Waals surface area contributed by atoms with Crippen LogP contribution in [0.1, 0.15) is 69.3 Å². The van der Waals surface area contributed by atoms with Gasteiger partial charge in [-0.3, -0.25) is 4.79 Å². The number of H-pyrrole nitrogens is 1. The second kappa shape index (κ2) is 13.5. The van der Waals surface area contributed by atoms with Gasteiger partial charge in [0.25, 0.3) is 0 Å². The van der Waals surface area contributed by atoms with Gasteiger partial charge < -0.3 is 14.5 Å². The van der Waals surface area contributed by atoms with Crippen LogP contribution in [-0.4, -0.2) is 45.2 Å². The van der Waals surface area contributed by atoms with Crippen LogP contribution < -0.4 is 0 Å². The van der Waals surface area contributed by atoms with E-state index in [1.807, 2.05) is 45.0 Å². The molecule has 1 aliphatic heterocycles. The topological polar surface area (TPSA) is 130 Å². The second-order valence-electron chi connectivity index (χ2n) is 14.4. The van der Waals surface area contributed by atoms with Gasteiger partial charge in [-0.25, -0.2) is 26.4 Å². The van der Waals surface area contributed by atoms with Crippen LogP contribution in [0.4, 0.5) is 8.78 Å². The molecule has 0 amide bonds. The molecular weight excluding hydrogens is 683 g/mol. The first-order valence-corrected chi connectivity index (χ1v) is 19.5. The van der Waals surface area contributed by atoms with E-state index in [0.717, 1.165) is 17.2 Å². The van der Waals surface area contributed by atoms with Gasteiger partial charge in [0.15, 0.2) is 9.84 Å². The quantitative estimate of drug-likeness (QED) is 0.192. The summed E-state index contributed by atoms with van der Waals surface area (Å²) in [6.07, 6.45) is 5.04. The van der Waals surface area contributed by atoms with Crippen LogP contribution >= 0.6 is 0 Å². The zero-order valence-corrected chi connectivity index (χ0v) is 30.0. The Labute approximate surface area is 292 Å². The number of nitrogens with zero attached hydrogens (tertiary/aromatic N) is 1. The smallest absolute Gasteiger partial charge is 0.306 e. The molecule has 0 fully saturated rings. The monoisotopic (exact) mass is 722 g/mol. The fraction of sp³-hybridized carbons (Fsp3) is 0.368. The van der Waals surface area contributed by atoms with Crippen LogP contribution in [0.5, 0.6) is 0 Å². The van der Waals surface area contributed by atoms with Crippen molar-refractivity contribution >= 4 is 37.5 Å². The van der Waals surface area contributed by atoms with E-state index in [2.05, 4.69) is 4.98 Å². The minimum atomic E-state index is -3.65. The number of aromatic amines is 1. The first kappa shape index (κ1) is 35.7. The van der Waals surface area contributed by atoms with E-state index in [0.29, 0.717) is 47.8 Å². The van der Waals surface area contributed by atoms with E-state index in [1.54, 1.807) is 19.2 Å². The molecule has 0 saturated heterocycles. The number of fused-ring (bicyclic) bond motifs is 8. The van der Waals surface area contributed by atoms with E-state index in [1.165, 1.54) is 24.5 Å². The normalized spacial score (nSPS) is 21.5. The number of aliphatic carboxylic acids is 1. The first-order chi connectivity index (χ1) is 23.6. The number of sulfone groups is 1. The summed E-state index contributed by atoms with van der Waals surface area (Å²) in [5.41, 5.74) is 1.51. The lowest BCUT2D eigenvalue weighted by Crippen LogP contribution is -2.29. The van der Waals surface area contributed by atoms with Crippen LogP contribution in [0.3, 0.4) is 0 Å². The molecule has 2 N–H and O–H groups in total. The van der Waals surface area contributed by atoms with Crippen molar-refractivity contribution in [3.63, 3.8) is 0 Å². The Kier molecular flexibility index (Phi) is 9.64. The third kappa shape index (κ3) is 7.18. The summed E-state index contributed by atoms with van der Waals surface area (Å²) in [4.78, 5) is 19.3. The third-order valence-electron chi connectivity index (χ3n) is 9.84. The Morgan fingerprint density at radius 1 is 1.08 bits per heavy atom. The first-order valence-electron chi connectivity index (χ1n) is 16.6. The predicted molar refractivity (Wildman–Crippen MR) is 188 cm³/mol. The standard InChI is InChI=1S/C38H40F2N2O6S2/c1-23(36(43)44)17-24-7-5-8-25(18-24)38(4)14-6-13-37(2,3)22-50(46,47)16-12-28-27-11-15-41-32(27)20-31(40)34(28)49(45)26-9-10-30(39)29(19-26)35-42-33(38)21-48-35/h5,7-11,15,18-21,23,41H,6,12-14,16-17,22H2,1-4H3,(H,43,44)/t23-,38+,49?/m0/s1. The van der Waals surface area contributed by atoms with E-state index >= 15 is 8.78 Å². The lowest BCUT2D eigenvalue weighted by atomic mass is 9.73. The number of nitrogens with one attached hydrogen (secondary N) is 1. The number of carboxylic acids is 1. The highest BCUT2D eigenvalue weighted by atomic mass is 32.2. The molecule has 2 aromatic heterocycles. The Bertz CT molecular complexity index is 2230. The number of hydrogen-bond donors (Lipinski definition) is 2. The van der Waals surface area contributed by atoms with Crippen LogP contribution in [0, 0.1) is 23.0 Å². The molecule has 5 aromatic rings. The number of carboxylic acid groups (broad SMARTS) is 1. The summed E-state index contributed by atoms with van der Waals surface area (Å²) >= 11 is 0. The number of oxazole rings is 1. The summed E-state index contributed by atoms with van der Waals surface area (Å²) < 4.78 is 78.6. The molecule has 0 radical (unpaired) electrons. The van der Waals surface area contributed by atoms with Crippen molar-refractivity contribution in [1.82, 2.24) is 9.97 Å². The predicted octanol–water partition coefficient (Wildman–Crippen LogP) is 8.00. The van der Waals surface area contributed by atoms with Crippen molar-refractivity contribution in [2.24, 2.45) is 11.3 Å². The van der Waals surface area contributed by atoms with Crippen LogP contribution in [0.2, 0.25) is 0 Å². The lowest BCUT2D eigenvalue weighted by molar-refractivity contribution is -0.141. The van der Waals surface area contributed by atoms with Crippen LogP contribution in [0.15, 0.2) is 81.3 Å². The maximum atomic E-state index is 15.8. The Balaban J connectivity index is 1.50. The molecule has 4 bridgehead atoms. The summed E-state index contributed by atoms with van der Waals surface area (Å²) in [5.74, 6) is -3.33. The van der Waals surface area contributed by atoms with E-state index in [-0.39, 0.29) is 39.2 Å². The maximum absolute atomic E-state index is 15.8. The molecule has 50 heavy (non-hydrogen) atoms. The molecule has 6 rings (SSSR count). The van der Waals surface area contributed by atoms with Crippen molar-refractivity contribution in [2.75, 3.05) is 11.5 Å². The van der Waals surface area contributed by atoms with Gasteiger partial charge in [0.05, 0.1) is 44.4 Å². The highest BCUT2D eigenvalue weighted by Gasteiger charge is 2.35. The van der Waals surface area contributed by atoms with Crippen molar-refractivity contribution < 1.29 is 35.7 Å². The zero-order valence-electron chi connectivity index (χ0n) is 28.4. The molecule has 264 valence electrons. The Morgan fingerprint density at radius 3 is 2.62 bits per heavy atom. The highest BCUT2D eigenvalue weighted by Crippen LogP contribution is 2.41. The van der Waals surface area contributed by atoms with E-state index in [9.17, 15) is 22.5 Å². The van der Waals surface area contributed by atoms with Gasteiger partial charge in [-0.2, -0.15) is 0 Å². The molecule has 0 aliphatic carbocycles. The summed E-state index contributed by atoms with van der Waals surface area (Å²) in [5, 5.41) is 10.1. The molecule has 3 aromatic carbocycles. The van der Waals surface area contributed by atoms with Gasteiger partial charge in [0.1, 0.15) is 17.9 Å². The molecule has 12 heteroatoms. The van der Waals surface area contributed by atoms with Crippen LogP contribution in [0.25, 0.3) is 22.4 Å². The van der Waals surface area contributed by atoms with E-state index < -0.39 is 55.0 Å². The Morgan fingerprint density at radius 2 is 1.86 bits per heavy atom. The van der Waals surface area contributed by atoms with Crippen molar-refractivity contribution in [2.45, 2.75) is 75.0 Å². The number of aromatic nitrogens is 2. The van der Waals surface area contributed by atoms with Gasteiger partial charge >= 0.3 is 5.97 Å². The average molecular weight is 723 g/mol. The van der Waals surface area contributed by atoms with Crippen molar-refractivity contribution in [3.8, 4) is 11.5 Å². The third-order valence-corrected chi connectivity index (χ3v) is 13.4. The second-order valence-corrected chi connectivity index (χ2v) is 18.0. The number of aryl methyl sites for hydroxylation is 1. The fourth-order valence-electron chi connectivity index (χ4n) is 7.04. The van der Waals surface area contributed by atoms with Crippen LogP contribution in [-0.2, 0) is 43.7 Å². The fourth-order valence-corrected chi connectivity index (χ4v) is 10.4. The number of carbonyl (C=O) groups is 1. The largest absolute Gasteiger partial charge is 0.481 e. The van der Waals surface area contributed by atoms with Gasteiger partial charge in [0.2, 0.25) is 5.89 Å². The zero-order chi connectivity index (χ0) is 36.0. The lowest BCUT2D eigenvalue weighted by Gasteiger charge is -2.31. The number of hydrogen-bond acceptors (Lipinski definition) is 6. The molecule has 0 spiro atoms. The van der Waals surface area contributed by atoms with Gasteiger partial charge in [-0.05, 0) is 85.0 Å². The Hall–Kier alpha value is -4.16. The molecule has 3 atom stereocenters. The molecule has 3 heterocycles. The summed E-state index contributed by atoms with van der Waals surface area (Å²) in [7, 11) is -5.80. The average Bonchev–Trinajstić information content (AvgIpc) is 3.73. The van der Waals surface area contributed by atoms with Crippen molar-refractivity contribution in [3.05, 3.63) is 101 Å². The maximum Gasteiger partial charge on any atom is 0.306 e. The molecule has 8 nitrogen and oxygen atoms in total. The SMILES string of the molecule is C[C@@H](Cc1cccc([C@@]2(C)CCCC(C)(C)CS(=O)(=O)CCc3c(c(F)cc4[nH]ccc34)S(=O)c3ccc(F)c(c3)-c3nc2co3)c1)C(=O)O. The molecular formula is C38H40F2N2O6S2. The van der Waals surface area contributed by atoms with Gasteiger partial charge in [-0.1, -0.05) is 51.5 Å². The molecule has 0 saturated carbocycles. The van der Waals surface area contributed by atoms with Gasteiger partial charge in [-0.15, -0.1) is 0 Å². The number of benzene rings is 3. The van der Waals surface area contributed by atoms with E-state index in [4.69, 9.17) is 9.40 Å². The molecule has 1 unspecified atom stereocenters. The summed E-state index contributed by atoms with van der Waals surface area (Å²) in [6, 6.07) is 14.3. The number of halogens is 2. The highest BCUT2D eigenvalue weighted by molar-refractivity contribution is 7.91. The summed E-state index contributed by atoms with van der Waals surface area (Å²) in [6.45, 7) is 7.45. The van der Waals surface area contributed by atoms with Gasteiger partial charge in [0, 0.05) is 27.4 Å². The minimum Gasteiger partial charge on any atom is -0.481 e.